The normalized spacial score (nSPS) is 13.9. The summed E-state index contributed by atoms with van der Waals surface area (Å²) in [6.07, 6.45) is 0. The first-order chi connectivity index (χ1) is 22.9. The number of para-hydroxylation sites is 4. The lowest BCUT2D eigenvalue weighted by atomic mass is 9.39. The number of nitrogens with zero attached hydrogens (tertiary/aromatic N) is 2. The number of anilines is 4. The second kappa shape index (κ2) is 8.93. The standard InChI is InChI=1S/C42H26B2N2/c1-7-19-35-27(13-1)29-15-3-9-21-39(29)45-41-23-11-5-17-31(41)33-25-34-32-18-6-12-24-42(32)46-40-22-10-4-16-30(40)28-14-2-8-20-36(28)44(46)38(34)26-37(33)43(35)45/h1-26H. The Bertz CT molecular complexity index is 2270. The molecule has 0 aromatic heterocycles. The van der Waals surface area contributed by atoms with Crippen LogP contribution in [-0.4, -0.2) is 13.7 Å². The van der Waals surface area contributed by atoms with Crippen LogP contribution in [0.4, 0.5) is 22.7 Å². The zero-order valence-corrected chi connectivity index (χ0v) is 25.1. The summed E-state index contributed by atoms with van der Waals surface area (Å²) in [6, 6.07) is 59.0. The second-order valence-corrected chi connectivity index (χ2v) is 12.8. The SMILES string of the molecule is c1ccc2c(c1)B1c3cc4c(cc3-c3ccccc3N1c1ccccc1-2)-c1ccccc1N1B4c2ccccc2-c2ccccc21. The van der Waals surface area contributed by atoms with Gasteiger partial charge in [-0.3, -0.25) is 0 Å². The molecule has 0 radical (unpaired) electrons. The molecule has 4 aliphatic rings. The fraction of sp³-hybridized carbons (Fsp3) is 0. The quantitative estimate of drug-likeness (QED) is 0.172. The van der Waals surface area contributed by atoms with Crippen LogP contribution in [0.1, 0.15) is 0 Å². The first-order valence-corrected chi connectivity index (χ1v) is 16.2. The molecule has 0 amide bonds. The highest BCUT2D eigenvalue weighted by Crippen LogP contribution is 2.49. The Hall–Kier alpha value is -5.73. The highest BCUT2D eigenvalue weighted by molar-refractivity contribution is 6.95. The Morgan fingerprint density at radius 2 is 0.565 bits per heavy atom. The number of fused-ring (bicyclic) bond motifs is 22. The van der Waals surface area contributed by atoms with E-state index in [-0.39, 0.29) is 13.7 Å². The van der Waals surface area contributed by atoms with Crippen LogP contribution in [0.25, 0.3) is 44.5 Å². The minimum Gasteiger partial charge on any atom is -0.376 e. The molecule has 11 rings (SSSR count). The molecule has 0 bridgehead atoms. The van der Waals surface area contributed by atoms with Gasteiger partial charge < -0.3 is 9.62 Å². The molecule has 2 nitrogen and oxygen atoms in total. The van der Waals surface area contributed by atoms with E-state index in [1.807, 2.05) is 0 Å². The lowest BCUT2D eigenvalue weighted by molar-refractivity contribution is 1.34. The average molecular weight is 580 g/mol. The van der Waals surface area contributed by atoms with Gasteiger partial charge in [-0.25, -0.2) is 0 Å². The summed E-state index contributed by atoms with van der Waals surface area (Å²) < 4.78 is 0. The van der Waals surface area contributed by atoms with Gasteiger partial charge in [0.1, 0.15) is 0 Å². The van der Waals surface area contributed by atoms with E-state index in [2.05, 4.69) is 167 Å². The van der Waals surface area contributed by atoms with Crippen LogP contribution >= 0.6 is 0 Å². The van der Waals surface area contributed by atoms with Gasteiger partial charge in [-0.05, 0) is 74.4 Å². The minimum atomic E-state index is 0.0676. The maximum Gasteiger partial charge on any atom is 0.329 e. The Labute approximate surface area is 269 Å². The molecule has 0 atom stereocenters. The lowest BCUT2D eigenvalue weighted by Gasteiger charge is -2.46. The van der Waals surface area contributed by atoms with Gasteiger partial charge in [0.05, 0.1) is 0 Å². The van der Waals surface area contributed by atoms with Gasteiger partial charge in [-0.1, -0.05) is 127 Å². The van der Waals surface area contributed by atoms with E-state index in [1.165, 1.54) is 89.1 Å². The maximum atomic E-state index is 2.60. The summed E-state index contributed by atoms with van der Waals surface area (Å²) in [6.45, 7) is 0.135. The van der Waals surface area contributed by atoms with Crippen molar-refractivity contribution < 1.29 is 0 Å². The van der Waals surface area contributed by atoms with Gasteiger partial charge in [0.25, 0.3) is 0 Å². The van der Waals surface area contributed by atoms with Crippen LogP contribution in [0.5, 0.6) is 0 Å². The molecule has 4 heterocycles. The monoisotopic (exact) mass is 580 g/mol. The average Bonchev–Trinajstić information content (AvgIpc) is 3.14. The molecule has 0 fully saturated rings. The van der Waals surface area contributed by atoms with Gasteiger partial charge in [-0.15, -0.1) is 0 Å². The van der Waals surface area contributed by atoms with Crippen molar-refractivity contribution >= 4 is 58.3 Å². The van der Waals surface area contributed by atoms with Gasteiger partial charge in [0, 0.05) is 45.0 Å². The van der Waals surface area contributed by atoms with Crippen molar-refractivity contribution in [2.45, 2.75) is 0 Å². The first-order valence-electron chi connectivity index (χ1n) is 16.2. The van der Waals surface area contributed by atoms with E-state index in [0.717, 1.165) is 0 Å². The Balaban J connectivity index is 1.26. The third-order valence-corrected chi connectivity index (χ3v) is 10.7. The molecule has 46 heavy (non-hydrogen) atoms. The summed E-state index contributed by atoms with van der Waals surface area (Å²) in [4.78, 5) is 5.20. The van der Waals surface area contributed by atoms with Crippen molar-refractivity contribution in [1.82, 2.24) is 0 Å². The lowest BCUT2D eigenvalue weighted by Crippen LogP contribution is -2.63. The predicted molar refractivity (Wildman–Crippen MR) is 195 cm³/mol. The van der Waals surface area contributed by atoms with Crippen LogP contribution < -0.4 is 31.5 Å². The van der Waals surface area contributed by atoms with Gasteiger partial charge in [0.2, 0.25) is 0 Å². The summed E-state index contributed by atoms with van der Waals surface area (Å²) in [5.41, 5.74) is 21.0. The summed E-state index contributed by atoms with van der Waals surface area (Å²) in [7, 11) is 0. The number of hydrogen-bond donors (Lipinski definition) is 0. The van der Waals surface area contributed by atoms with E-state index in [9.17, 15) is 0 Å². The smallest absolute Gasteiger partial charge is 0.329 e. The highest BCUT2D eigenvalue weighted by Gasteiger charge is 2.46. The Morgan fingerprint density at radius 3 is 0.957 bits per heavy atom. The number of hydrogen-bond acceptors (Lipinski definition) is 2. The van der Waals surface area contributed by atoms with Crippen molar-refractivity contribution in [3.8, 4) is 44.5 Å². The topological polar surface area (TPSA) is 6.48 Å². The van der Waals surface area contributed by atoms with Crippen LogP contribution in [0, 0.1) is 0 Å². The van der Waals surface area contributed by atoms with Crippen molar-refractivity contribution in [2.75, 3.05) is 9.62 Å². The number of benzene rings is 7. The van der Waals surface area contributed by atoms with Crippen LogP contribution in [0.3, 0.4) is 0 Å². The van der Waals surface area contributed by atoms with Crippen LogP contribution in [-0.2, 0) is 0 Å². The minimum absolute atomic E-state index is 0.0676. The molecule has 7 aromatic carbocycles. The largest absolute Gasteiger partial charge is 0.376 e. The van der Waals surface area contributed by atoms with Gasteiger partial charge in [0.15, 0.2) is 0 Å². The summed E-state index contributed by atoms with van der Waals surface area (Å²) in [5, 5.41) is 0. The fourth-order valence-corrected chi connectivity index (χ4v) is 8.87. The maximum absolute atomic E-state index is 2.60. The Kier molecular flexibility index (Phi) is 4.77. The van der Waals surface area contributed by atoms with Gasteiger partial charge >= 0.3 is 13.7 Å². The van der Waals surface area contributed by atoms with E-state index < -0.39 is 0 Å². The molecule has 7 aromatic rings. The fourth-order valence-electron chi connectivity index (χ4n) is 8.87. The predicted octanol–water partition coefficient (Wildman–Crippen LogP) is 7.50. The van der Waals surface area contributed by atoms with Crippen molar-refractivity contribution in [1.29, 1.82) is 0 Å². The van der Waals surface area contributed by atoms with E-state index in [4.69, 9.17) is 0 Å². The zero-order valence-electron chi connectivity index (χ0n) is 25.1. The van der Waals surface area contributed by atoms with Crippen molar-refractivity contribution in [3.05, 3.63) is 158 Å². The molecule has 0 N–H and O–H groups in total. The van der Waals surface area contributed by atoms with Crippen LogP contribution in [0.2, 0.25) is 0 Å². The third kappa shape index (κ3) is 3.04. The Morgan fingerprint density at radius 1 is 0.261 bits per heavy atom. The molecular weight excluding hydrogens is 554 g/mol. The zero-order chi connectivity index (χ0) is 29.9. The molecular formula is C42H26B2N2. The van der Waals surface area contributed by atoms with E-state index in [0.29, 0.717) is 0 Å². The van der Waals surface area contributed by atoms with E-state index in [1.54, 1.807) is 0 Å². The molecule has 4 aliphatic heterocycles. The number of rotatable bonds is 0. The molecule has 210 valence electrons. The molecule has 0 spiro atoms. The van der Waals surface area contributed by atoms with Crippen molar-refractivity contribution in [2.24, 2.45) is 0 Å². The summed E-state index contributed by atoms with van der Waals surface area (Å²) in [5.74, 6) is 0. The molecule has 0 unspecified atom stereocenters. The molecule has 0 aliphatic carbocycles. The van der Waals surface area contributed by atoms with E-state index >= 15 is 0 Å². The second-order valence-electron chi connectivity index (χ2n) is 12.8. The first kappa shape index (κ1) is 24.6. The van der Waals surface area contributed by atoms with Crippen molar-refractivity contribution in [3.63, 3.8) is 0 Å². The molecule has 0 saturated carbocycles. The van der Waals surface area contributed by atoms with Gasteiger partial charge in [-0.2, -0.15) is 0 Å². The third-order valence-electron chi connectivity index (χ3n) is 10.7. The molecule has 0 saturated heterocycles. The summed E-state index contributed by atoms with van der Waals surface area (Å²) >= 11 is 0. The highest BCUT2D eigenvalue weighted by atomic mass is 15.1. The van der Waals surface area contributed by atoms with Crippen LogP contribution in [0.15, 0.2) is 158 Å². The molecule has 4 heteroatoms.